The molecule has 0 radical (unpaired) electrons. The molecule has 0 aliphatic carbocycles. The van der Waals surface area contributed by atoms with Gasteiger partial charge < -0.3 is 15.0 Å². The normalized spacial score (nSPS) is 17.0. The van der Waals surface area contributed by atoms with E-state index >= 15 is 0 Å². The summed E-state index contributed by atoms with van der Waals surface area (Å²) in [4.78, 5) is 22.4. The van der Waals surface area contributed by atoms with Gasteiger partial charge >= 0.3 is 0 Å². The molecule has 0 atom stereocenters. The van der Waals surface area contributed by atoms with Crippen LogP contribution in [0.3, 0.4) is 0 Å². The summed E-state index contributed by atoms with van der Waals surface area (Å²) in [5.41, 5.74) is 7.12. The van der Waals surface area contributed by atoms with Crippen molar-refractivity contribution in [1.82, 2.24) is 20.2 Å². The summed E-state index contributed by atoms with van der Waals surface area (Å²) >= 11 is 0. The van der Waals surface area contributed by atoms with E-state index in [1.54, 1.807) is 0 Å². The Morgan fingerprint density at radius 1 is 1.10 bits per heavy atom. The number of fused-ring (bicyclic) bond motifs is 1. The van der Waals surface area contributed by atoms with Gasteiger partial charge in [0, 0.05) is 55.7 Å². The third-order valence-corrected chi connectivity index (χ3v) is 5.88. The molecule has 2 aliphatic heterocycles. The Hall–Kier alpha value is -3.22. The third-order valence-electron chi connectivity index (χ3n) is 5.88. The van der Waals surface area contributed by atoms with Crippen molar-refractivity contribution in [1.29, 1.82) is 0 Å². The Balaban J connectivity index is 1.36. The molecule has 1 fully saturated rings. The Kier molecular flexibility index (Phi) is 5.65. The number of benzene rings is 1. The SMILES string of the molecule is O=C1NCCc2[nH]c(-c3ccnc(/C=C/c4ccccc4CN4CCOCC4)c3)cc21. The van der Waals surface area contributed by atoms with Crippen molar-refractivity contribution in [3.05, 3.63) is 76.7 Å². The molecule has 2 aromatic heterocycles. The zero-order chi connectivity index (χ0) is 21.0. The van der Waals surface area contributed by atoms with Crippen LogP contribution in [-0.2, 0) is 17.7 Å². The summed E-state index contributed by atoms with van der Waals surface area (Å²) in [5.74, 6) is -0.00481. The smallest absolute Gasteiger partial charge is 0.253 e. The average molecular weight is 415 g/mol. The van der Waals surface area contributed by atoms with E-state index in [2.05, 4.69) is 62.7 Å². The van der Waals surface area contributed by atoms with E-state index in [1.165, 1.54) is 11.1 Å². The van der Waals surface area contributed by atoms with Crippen LogP contribution in [0.1, 0.15) is 32.9 Å². The number of rotatable bonds is 5. The number of aromatic amines is 1. The molecule has 31 heavy (non-hydrogen) atoms. The Morgan fingerprint density at radius 3 is 2.84 bits per heavy atom. The first-order chi connectivity index (χ1) is 15.3. The fourth-order valence-electron chi connectivity index (χ4n) is 4.17. The lowest BCUT2D eigenvalue weighted by molar-refractivity contribution is 0.0341. The van der Waals surface area contributed by atoms with Gasteiger partial charge in [-0.3, -0.25) is 14.7 Å². The van der Waals surface area contributed by atoms with E-state index < -0.39 is 0 Å². The molecular weight excluding hydrogens is 388 g/mol. The van der Waals surface area contributed by atoms with Gasteiger partial charge in [-0.1, -0.05) is 30.3 Å². The van der Waals surface area contributed by atoms with Crippen LogP contribution < -0.4 is 5.32 Å². The molecule has 1 saturated heterocycles. The summed E-state index contributed by atoms with van der Waals surface area (Å²) in [6, 6.07) is 14.5. The summed E-state index contributed by atoms with van der Waals surface area (Å²) < 4.78 is 5.46. The number of ether oxygens (including phenoxy) is 1. The zero-order valence-electron chi connectivity index (χ0n) is 17.4. The Bertz CT molecular complexity index is 1110. The lowest BCUT2D eigenvalue weighted by Gasteiger charge is -2.27. The number of carbonyl (C=O) groups is 1. The van der Waals surface area contributed by atoms with Gasteiger partial charge in [-0.15, -0.1) is 0 Å². The highest BCUT2D eigenvalue weighted by Gasteiger charge is 2.20. The first-order valence-electron chi connectivity index (χ1n) is 10.8. The zero-order valence-corrected chi connectivity index (χ0v) is 17.4. The van der Waals surface area contributed by atoms with Crippen LogP contribution in [0.25, 0.3) is 23.4 Å². The molecule has 4 heterocycles. The van der Waals surface area contributed by atoms with Crippen molar-refractivity contribution >= 4 is 18.1 Å². The maximum atomic E-state index is 12.1. The molecule has 0 bridgehead atoms. The van der Waals surface area contributed by atoms with Crippen molar-refractivity contribution in [3.63, 3.8) is 0 Å². The van der Waals surface area contributed by atoms with E-state index in [0.29, 0.717) is 6.54 Å². The molecule has 1 amide bonds. The Labute approximate surface area is 182 Å². The molecule has 5 rings (SSSR count). The number of hydrogen-bond acceptors (Lipinski definition) is 4. The highest BCUT2D eigenvalue weighted by molar-refractivity contribution is 5.97. The molecule has 158 valence electrons. The van der Waals surface area contributed by atoms with Gasteiger partial charge in [0.2, 0.25) is 0 Å². The van der Waals surface area contributed by atoms with Gasteiger partial charge in [0.15, 0.2) is 0 Å². The van der Waals surface area contributed by atoms with Crippen LogP contribution in [0.2, 0.25) is 0 Å². The molecule has 2 N–H and O–H groups in total. The van der Waals surface area contributed by atoms with Crippen LogP contribution in [0, 0.1) is 0 Å². The van der Waals surface area contributed by atoms with Gasteiger partial charge in [0.1, 0.15) is 0 Å². The van der Waals surface area contributed by atoms with Gasteiger partial charge in [0.25, 0.3) is 5.91 Å². The predicted molar refractivity (Wildman–Crippen MR) is 122 cm³/mol. The number of nitrogens with one attached hydrogen (secondary N) is 2. The fourth-order valence-corrected chi connectivity index (χ4v) is 4.17. The minimum Gasteiger partial charge on any atom is -0.379 e. The largest absolute Gasteiger partial charge is 0.379 e. The summed E-state index contributed by atoms with van der Waals surface area (Å²) in [6.45, 7) is 5.16. The van der Waals surface area contributed by atoms with E-state index in [0.717, 1.165) is 67.5 Å². The second-order valence-corrected chi connectivity index (χ2v) is 7.97. The van der Waals surface area contributed by atoms with E-state index in [9.17, 15) is 4.79 Å². The van der Waals surface area contributed by atoms with E-state index in [4.69, 9.17) is 4.74 Å². The topological polar surface area (TPSA) is 70.2 Å². The number of pyridine rings is 1. The molecule has 0 saturated carbocycles. The van der Waals surface area contributed by atoms with E-state index in [-0.39, 0.29) is 5.91 Å². The van der Waals surface area contributed by atoms with Crippen molar-refractivity contribution in [2.45, 2.75) is 13.0 Å². The molecule has 0 unspecified atom stereocenters. The van der Waals surface area contributed by atoms with E-state index in [1.807, 2.05) is 18.3 Å². The third kappa shape index (κ3) is 4.45. The van der Waals surface area contributed by atoms with Crippen molar-refractivity contribution in [2.75, 3.05) is 32.8 Å². The van der Waals surface area contributed by atoms with Crippen LogP contribution in [0.15, 0.2) is 48.7 Å². The first-order valence-corrected chi connectivity index (χ1v) is 10.8. The molecule has 3 aromatic rings. The van der Waals surface area contributed by atoms with Gasteiger partial charge in [0.05, 0.1) is 24.5 Å². The lowest BCUT2D eigenvalue weighted by Crippen LogP contribution is -2.35. The average Bonchev–Trinajstić information content (AvgIpc) is 3.25. The molecule has 0 spiro atoms. The molecule has 2 aliphatic rings. The fraction of sp³-hybridized carbons (Fsp3) is 0.280. The standard InChI is InChI=1S/C25H26N4O2/c30-25-22-16-24(28-23(22)8-10-27-25)19-7-9-26-21(15-19)6-5-18-3-1-2-4-20(18)17-29-11-13-31-14-12-29/h1-7,9,15-16,28H,8,10-14,17H2,(H,27,30)/b6-5+. The van der Waals surface area contributed by atoms with Crippen LogP contribution in [-0.4, -0.2) is 53.6 Å². The molecule has 6 nitrogen and oxygen atoms in total. The quantitative estimate of drug-likeness (QED) is 0.672. The second-order valence-electron chi connectivity index (χ2n) is 7.97. The summed E-state index contributed by atoms with van der Waals surface area (Å²) in [6.07, 6.45) is 6.83. The van der Waals surface area contributed by atoms with Crippen LogP contribution in [0.5, 0.6) is 0 Å². The minimum absolute atomic E-state index is 0.00481. The molecule has 1 aromatic carbocycles. The lowest BCUT2D eigenvalue weighted by atomic mass is 10.1. The maximum Gasteiger partial charge on any atom is 0.253 e. The minimum atomic E-state index is -0.00481. The molecular formula is C25H26N4O2. The number of H-pyrrole nitrogens is 1. The highest BCUT2D eigenvalue weighted by atomic mass is 16.5. The first kappa shape index (κ1) is 19.7. The number of carbonyl (C=O) groups excluding carboxylic acids is 1. The summed E-state index contributed by atoms with van der Waals surface area (Å²) in [7, 11) is 0. The predicted octanol–water partition coefficient (Wildman–Crippen LogP) is 3.37. The van der Waals surface area contributed by atoms with Gasteiger partial charge in [-0.2, -0.15) is 0 Å². The van der Waals surface area contributed by atoms with Crippen molar-refractivity contribution in [2.24, 2.45) is 0 Å². The van der Waals surface area contributed by atoms with Crippen LogP contribution in [0.4, 0.5) is 0 Å². The van der Waals surface area contributed by atoms with Gasteiger partial charge in [-0.25, -0.2) is 0 Å². The van der Waals surface area contributed by atoms with Crippen LogP contribution >= 0.6 is 0 Å². The Morgan fingerprint density at radius 2 is 1.97 bits per heavy atom. The number of morpholine rings is 1. The number of hydrogen-bond donors (Lipinski definition) is 2. The molecule has 6 heteroatoms. The monoisotopic (exact) mass is 414 g/mol. The maximum absolute atomic E-state index is 12.1. The number of nitrogens with zero attached hydrogens (tertiary/aromatic N) is 2. The summed E-state index contributed by atoms with van der Waals surface area (Å²) in [5, 5.41) is 2.89. The van der Waals surface area contributed by atoms with Gasteiger partial charge in [-0.05, 0) is 35.4 Å². The second kappa shape index (κ2) is 8.88. The van der Waals surface area contributed by atoms with Crippen molar-refractivity contribution in [3.8, 4) is 11.3 Å². The highest BCUT2D eigenvalue weighted by Crippen LogP contribution is 2.25. The van der Waals surface area contributed by atoms with Crippen molar-refractivity contribution < 1.29 is 9.53 Å². The number of amides is 1. The number of aromatic nitrogens is 2.